The molecule has 0 aliphatic carbocycles. The largest absolute Gasteiger partial charge is 1.00 e. The summed E-state index contributed by atoms with van der Waals surface area (Å²) in [7, 11) is -0.193. The summed E-state index contributed by atoms with van der Waals surface area (Å²) < 4.78 is 173. The third-order valence-corrected chi connectivity index (χ3v) is 7.91. The maximum atomic E-state index is 13.1. The fourth-order valence-electron chi connectivity index (χ4n) is 3.82. The van der Waals surface area contributed by atoms with E-state index >= 15 is 0 Å². The Morgan fingerprint density at radius 1 is 0.770 bits per heavy atom. The molecule has 0 N–H and O–H groups in total. The Kier molecular flexibility index (Phi) is 22.2. The van der Waals surface area contributed by atoms with Gasteiger partial charge in [0.2, 0.25) is 6.10 Å². The molecule has 0 aliphatic rings. The number of carbonyl (C=O) groups excluding carboxylic acids is 2. The summed E-state index contributed by atoms with van der Waals surface area (Å²) >= 11 is 0. The van der Waals surface area contributed by atoms with Crippen LogP contribution in [-0.2, 0) is 33.1 Å². The zero-order chi connectivity index (χ0) is 46.3. The zero-order valence-electron chi connectivity index (χ0n) is 32.9. The first-order valence-electron chi connectivity index (χ1n) is 16.4. The molecule has 1 atom stereocenters. The van der Waals surface area contributed by atoms with Crippen LogP contribution in [0.5, 0.6) is 0 Å². The van der Waals surface area contributed by atoms with Gasteiger partial charge in [0.15, 0.2) is 6.61 Å². The first-order chi connectivity index (χ1) is 27.5. The minimum Gasteiger partial charge on any atom is -0.352 e. The van der Waals surface area contributed by atoms with Crippen LogP contribution in [0.15, 0.2) is 67.8 Å². The zero-order valence-corrected chi connectivity index (χ0v) is 33.8. The molecular formula is C33H37F12LiN8O6S. The van der Waals surface area contributed by atoms with E-state index in [1.165, 1.54) is 25.9 Å². The average Bonchev–Trinajstić information content (AvgIpc) is 3.77. The smallest absolute Gasteiger partial charge is 0.352 e. The first kappa shape index (κ1) is 56.3. The molecule has 4 heterocycles. The maximum absolute atomic E-state index is 13.1. The standard InChI is InChI=1S/C15H14F6N4O2.C11H12N4O.C4H9.C3H2F6O3S.Li/c1-24(9-4-3-5-22-6-9)13(26)10-7-23-12(25(10)2)11(15(19,20)21)27-8-14(16,17)18;1-14-8-13-7-10(14)11(16)15(2)9-4-3-5-12-6-9;1-3-4-2;4-2(5,6)1-12-13(10,11)3(7,8)9;/h3-7,11H,8H2,1-2H3;3-8H,1-2H3;1,3-4H2,2H3;1H2;/q;;-1;;+1. The number of anilines is 2. The van der Waals surface area contributed by atoms with Gasteiger partial charge in [-0.15, -0.1) is 0 Å². The Labute approximate surface area is 353 Å². The van der Waals surface area contributed by atoms with Gasteiger partial charge in [0, 0.05) is 40.6 Å². The second kappa shape index (κ2) is 24.1. The van der Waals surface area contributed by atoms with Crippen molar-refractivity contribution >= 4 is 33.3 Å². The number of amides is 2. The number of alkyl halides is 12. The van der Waals surface area contributed by atoms with Gasteiger partial charge < -0.3 is 30.6 Å². The van der Waals surface area contributed by atoms with Crippen molar-refractivity contribution < 1.29 is 98.5 Å². The predicted molar refractivity (Wildman–Crippen MR) is 188 cm³/mol. The number of rotatable bonds is 10. The molecular weight excluding hydrogens is 871 g/mol. The Morgan fingerprint density at radius 3 is 1.57 bits per heavy atom. The number of pyridine rings is 2. The van der Waals surface area contributed by atoms with E-state index in [1.54, 1.807) is 66.7 Å². The number of aromatic nitrogens is 6. The number of hydrogen-bond acceptors (Lipinski definition) is 10. The number of hydrogen-bond donors (Lipinski definition) is 0. The van der Waals surface area contributed by atoms with E-state index in [9.17, 15) is 70.7 Å². The van der Waals surface area contributed by atoms with Crippen LogP contribution < -0.4 is 28.7 Å². The molecule has 4 aromatic rings. The van der Waals surface area contributed by atoms with E-state index < -0.39 is 65.2 Å². The van der Waals surface area contributed by atoms with Gasteiger partial charge in [-0.2, -0.15) is 67.5 Å². The maximum Gasteiger partial charge on any atom is 1.00 e. The molecule has 0 fully saturated rings. The van der Waals surface area contributed by atoms with Gasteiger partial charge >= 0.3 is 53.0 Å². The first-order valence-corrected chi connectivity index (χ1v) is 17.8. The summed E-state index contributed by atoms with van der Waals surface area (Å²) in [6, 6.07) is 6.73. The third-order valence-electron chi connectivity index (χ3n) is 6.91. The second-order valence-corrected chi connectivity index (χ2v) is 13.2. The topological polar surface area (TPSA) is 155 Å². The van der Waals surface area contributed by atoms with Crippen molar-refractivity contribution in [1.29, 1.82) is 0 Å². The van der Waals surface area contributed by atoms with E-state index in [2.05, 4.69) is 42.7 Å². The normalized spacial score (nSPS) is 12.2. The molecule has 61 heavy (non-hydrogen) atoms. The summed E-state index contributed by atoms with van der Waals surface area (Å²) in [6.07, 6.45) is -5.74. The van der Waals surface area contributed by atoms with Crippen LogP contribution in [0.4, 0.5) is 64.1 Å². The molecule has 28 heteroatoms. The molecule has 0 aromatic carbocycles. The van der Waals surface area contributed by atoms with Crippen molar-refractivity contribution in [2.45, 2.75) is 49.9 Å². The van der Waals surface area contributed by atoms with E-state index in [0.29, 0.717) is 11.4 Å². The molecule has 0 spiro atoms. The molecule has 0 saturated carbocycles. The molecule has 0 saturated heterocycles. The van der Waals surface area contributed by atoms with Crippen molar-refractivity contribution in [3.8, 4) is 0 Å². The van der Waals surface area contributed by atoms with Crippen molar-refractivity contribution in [3.63, 3.8) is 0 Å². The van der Waals surface area contributed by atoms with Crippen molar-refractivity contribution in [2.75, 3.05) is 37.1 Å². The van der Waals surface area contributed by atoms with Crippen molar-refractivity contribution in [3.05, 3.63) is 91.9 Å². The summed E-state index contributed by atoms with van der Waals surface area (Å²) in [6.45, 7) is 1.12. The van der Waals surface area contributed by atoms with Crippen LogP contribution in [0.3, 0.4) is 0 Å². The molecule has 4 aromatic heterocycles. The Hall–Kier alpha value is -4.71. The number of ether oxygens (including phenoxy) is 1. The molecule has 2 amide bonds. The van der Waals surface area contributed by atoms with Crippen LogP contribution in [0.1, 0.15) is 52.7 Å². The SMILES string of the molecule is CN(C(=O)c1cnc(C(OCC(F)(F)F)C(F)(F)F)n1C)c1cccnc1.CN(C(=O)c1cncn1C)c1cccnc1.O=S(=O)(OCC(F)(F)F)C(F)(F)F.[CH2-]CCC.[Li+]. The van der Waals surface area contributed by atoms with Crippen LogP contribution in [0.2, 0.25) is 0 Å². The molecule has 0 aliphatic heterocycles. The summed E-state index contributed by atoms with van der Waals surface area (Å²) in [5.41, 5.74) is -4.43. The third kappa shape index (κ3) is 18.8. The van der Waals surface area contributed by atoms with E-state index in [4.69, 9.17) is 0 Å². The van der Waals surface area contributed by atoms with Gasteiger partial charge in [-0.25, -0.2) is 9.97 Å². The van der Waals surface area contributed by atoms with Gasteiger partial charge in [-0.3, -0.25) is 23.7 Å². The number of halogens is 12. The fourth-order valence-corrected chi connectivity index (χ4v) is 4.24. The monoisotopic (exact) mass is 908 g/mol. The molecule has 336 valence electrons. The Bertz CT molecular complexity index is 2030. The number of carbonyl (C=O) groups is 2. The number of nitrogens with zero attached hydrogens (tertiary/aromatic N) is 8. The Morgan fingerprint density at radius 2 is 1.23 bits per heavy atom. The molecule has 1 unspecified atom stereocenters. The van der Waals surface area contributed by atoms with Crippen LogP contribution in [0, 0.1) is 6.92 Å². The summed E-state index contributed by atoms with van der Waals surface area (Å²) in [5.74, 6) is -1.69. The van der Waals surface area contributed by atoms with Crippen LogP contribution >= 0.6 is 0 Å². The van der Waals surface area contributed by atoms with Gasteiger partial charge in [-0.1, -0.05) is 13.3 Å². The number of unbranched alkanes of at least 4 members (excludes halogenated alkanes) is 1. The number of aryl methyl sites for hydroxylation is 1. The van der Waals surface area contributed by atoms with Crippen molar-refractivity contribution in [2.24, 2.45) is 14.1 Å². The summed E-state index contributed by atoms with van der Waals surface area (Å²) in [4.78, 5) is 42.4. The predicted octanol–water partition coefficient (Wildman–Crippen LogP) is 4.41. The van der Waals surface area contributed by atoms with E-state index in [0.717, 1.165) is 34.8 Å². The van der Waals surface area contributed by atoms with Gasteiger partial charge in [0.05, 0.1) is 42.5 Å². The molecule has 4 rings (SSSR count). The van der Waals surface area contributed by atoms with Crippen molar-refractivity contribution in [1.82, 2.24) is 29.1 Å². The number of imidazole rings is 2. The van der Waals surface area contributed by atoms with Crippen LogP contribution in [-0.4, -0.2) is 101 Å². The fraction of sp³-hybridized carbons (Fsp3) is 0.424. The van der Waals surface area contributed by atoms with Crippen LogP contribution in [0.25, 0.3) is 0 Å². The minimum absolute atomic E-state index is 0. The van der Waals surface area contributed by atoms with Gasteiger partial charge in [0.25, 0.3) is 11.8 Å². The molecule has 0 radical (unpaired) electrons. The Balaban J connectivity index is 0.000000902. The summed E-state index contributed by atoms with van der Waals surface area (Å²) in [5, 5.41) is 0. The van der Waals surface area contributed by atoms with E-state index in [1.807, 2.05) is 6.07 Å². The van der Waals surface area contributed by atoms with E-state index in [-0.39, 0.29) is 30.5 Å². The van der Waals surface area contributed by atoms with Gasteiger partial charge in [0.1, 0.15) is 23.8 Å². The molecule has 14 nitrogen and oxygen atoms in total. The average molecular weight is 909 g/mol. The second-order valence-electron chi connectivity index (χ2n) is 11.6. The van der Waals surface area contributed by atoms with Gasteiger partial charge in [-0.05, 0) is 24.3 Å². The quantitative estimate of drug-likeness (QED) is 0.0736. The minimum atomic E-state index is -6.15. The molecule has 0 bridgehead atoms.